The molecule has 0 aliphatic heterocycles. The van der Waals surface area contributed by atoms with Crippen LogP contribution in [-0.4, -0.2) is 6.61 Å². The number of benzene rings is 1. The van der Waals surface area contributed by atoms with E-state index in [9.17, 15) is 4.79 Å². The SMILES string of the molecule is N#CCOc1c2ccoc2cc2oc(=O)ccc12. The molecule has 88 valence electrons. The standard InChI is InChI=1S/C13H7NO4/c14-4-6-17-13-8-1-2-12(15)18-11(8)7-10-9(13)3-5-16-10/h1-3,5,7H,6H2. The van der Waals surface area contributed by atoms with Crippen molar-refractivity contribution in [3.8, 4) is 11.8 Å². The summed E-state index contributed by atoms with van der Waals surface area (Å²) in [5, 5.41) is 9.97. The van der Waals surface area contributed by atoms with Gasteiger partial charge in [0.15, 0.2) is 6.61 Å². The Balaban J connectivity index is 2.40. The lowest BCUT2D eigenvalue weighted by molar-refractivity contribution is 0.376. The molecular weight excluding hydrogens is 234 g/mol. The minimum atomic E-state index is -0.445. The van der Waals surface area contributed by atoms with Crippen molar-refractivity contribution in [3.05, 3.63) is 40.9 Å². The normalized spacial score (nSPS) is 10.6. The lowest BCUT2D eigenvalue weighted by atomic mass is 10.1. The summed E-state index contributed by atoms with van der Waals surface area (Å²) in [7, 11) is 0. The fourth-order valence-electron chi connectivity index (χ4n) is 1.87. The molecule has 0 aliphatic rings. The Morgan fingerprint density at radius 3 is 2.89 bits per heavy atom. The molecular formula is C13H7NO4. The Labute approximate surface area is 101 Å². The molecule has 0 radical (unpaired) electrons. The average molecular weight is 241 g/mol. The maximum absolute atomic E-state index is 11.2. The molecule has 1 aromatic carbocycles. The minimum absolute atomic E-state index is 0.0848. The summed E-state index contributed by atoms with van der Waals surface area (Å²) >= 11 is 0. The van der Waals surface area contributed by atoms with Gasteiger partial charge in [-0.15, -0.1) is 0 Å². The molecule has 0 fully saturated rings. The van der Waals surface area contributed by atoms with Gasteiger partial charge in [0.2, 0.25) is 0 Å². The molecule has 0 saturated carbocycles. The average Bonchev–Trinajstić information content (AvgIpc) is 2.82. The third-order valence-corrected chi connectivity index (χ3v) is 2.59. The predicted molar refractivity (Wildman–Crippen MR) is 63.4 cm³/mol. The minimum Gasteiger partial charge on any atom is -0.477 e. The van der Waals surface area contributed by atoms with Crippen LogP contribution in [0, 0.1) is 11.3 Å². The Morgan fingerprint density at radius 1 is 1.22 bits per heavy atom. The molecule has 0 amide bonds. The van der Waals surface area contributed by atoms with Gasteiger partial charge in [-0.2, -0.15) is 5.26 Å². The highest BCUT2D eigenvalue weighted by Gasteiger charge is 2.12. The summed E-state index contributed by atoms with van der Waals surface area (Å²) < 4.78 is 15.7. The number of nitrogens with zero attached hydrogens (tertiary/aromatic N) is 1. The first-order valence-corrected chi connectivity index (χ1v) is 5.23. The third-order valence-electron chi connectivity index (χ3n) is 2.59. The summed E-state index contributed by atoms with van der Waals surface area (Å²) in [5.74, 6) is 0.488. The van der Waals surface area contributed by atoms with E-state index in [1.54, 1.807) is 18.2 Å². The van der Waals surface area contributed by atoms with Crippen molar-refractivity contribution in [2.24, 2.45) is 0 Å². The Kier molecular flexibility index (Phi) is 2.27. The van der Waals surface area contributed by atoms with Crippen molar-refractivity contribution in [1.29, 1.82) is 5.26 Å². The molecule has 0 N–H and O–H groups in total. The van der Waals surface area contributed by atoms with Crippen molar-refractivity contribution in [2.75, 3.05) is 6.61 Å². The molecule has 0 aliphatic carbocycles. The van der Waals surface area contributed by atoms with Crippen LogP contribution in [0.3, 0.4) is 0 Å². The van der Waals surface area contributed by atoms with Gasteiger partial charge in [0.25, 0.3) is 0 Å². The molecule has 0 unspecified atom stereocenters. The van der Waals surface area contributed by atoms with Gasteiger partial charge in [0.1, 0.15) is 23.0 Å². The second kappa shape index (κ2) is 3.93. The quantitative estimate of drug-likeness (QED) is 0.644. The molecule has 0 bridgehead atoms. The molecule has 3 rings (SSSR count). The number of fused-ring (bicyclic) bond motifs is 2. The van der Waals surface area contributed by atoms with Crippen LogP contribution in [0.25, 0.3) is 21.9 Å². The number of ether oxygens (including phenoxy) is 1. The van der Waals surface area contributed by atoms with Gasteiger partial charge in [-0.3, -0.25) is 0 Å². The van der Waals surface area contributed by atoms with Crippen LogP contribution in [0.2, 0.25) is 0 Å². The number of furan rings is 1. The number of rotatable bonds is 2. The summed E-state index contributed by atoms with van der Waals surface area (Å²) in [6.07, 6.45) is 1.51. The lowest BCUT2D eigenvalue weighted by Gasteiger charge is -2.06. The first kappa shape index (κ1) is 10.4. The molecule has 5 heteroatoms. The summed E-state index contributed by atoms with van der Waals surface area (Å²) in [5.41, 5.74) is 0.474. The maximum Gasteiger partial charge on any atom is 0.336 e. The molecule has 5 nitrogen and oxygen atoms in total. The van der Waals surface area contributed by atoms with Crippen LogP contribution >= 0.6 is 0 Å². The van der Waals surface area contributed by atoms with E-state index in [-0.39, 0.29) is 6.61 Å². The number of nitriles is 1. The zero-order chi connectivity index (χ0) is 12.5. The second-order valence-corrected chi connectivity index (χ2v) is 3.65. The van der Waals surface area contributed by atoms with Gasteiger partial charge in [-0.05, 0) is 12.1 Å². The number of hydrogen-bond acceptors (Lipinski definition) is 5. The molecule has 2 aromatic heterocycles. The van der Waals surface area contributed by atoms with Crippen LogP contribution in [-0.2, 0) is 0 Å². The Bertz CT molecular complexity index is 822. The first-order chi connectivity index (χ1) is 8.79. The predicted octanol–water partition coefficient (Wildman–Crippen LogP) is 2.44. The van der Waals surface area contributed by atoms with Crippen LogP contribution in [0.15, 0.2) is 44.2 Å². The van der Waals surface area contributed by atoms with Gasteiger partial charge >= 0.3 is 5.63 Å². The van der Waals surface area contributed by atoms with Crippen molar-refractivity contribution in [3.63, 3.8) is 0 Å². The van der Waals surface area contributed by atoms with Gasteiger partial charge < -0.3 is 13.6 Å². The largest absolute Gasteiger partial charge is 0.477 e. The lowest BCUT2D eigenvalue weighted by Crippen LogP contribution is -1.98. The van der Waals surface area contributed by atoms with E-state index in [1.807, 2.05) is 6.07 Å². The highest BCUT2D eigenvalue weighted by Crippen LogP contribution is 2.34. The molecule has 0 spiro atoms. The summed E-state index contributed by atoms with van der Waals surface area (Å²) in [6, 6.07) is 8.20. The van der Waals surface area contributed by atoms with Crippen molar-refractivity contribution in [2.45, 2.75) is 0 Å². The van der Waals surface area contributed by atoms with Crippen LogP contribution in [0.4, 0.5) is 0 Å². The van der Waals surface area contributed by atoms with E-state index in [1.165, 1.54) is 12.3 Å². The van der Waals surface area contributed by atoms with Crippen molar-refractivity contribution < 1.29 is 13.6 Å². The second-order valence-electron chi connectivity index (χ2n) is 3.65. The highest BCUT2D eigenvalue weighted by atomic mass is 16.5. The van der Waals surface area contributed by atoms with E-state index < -0.39 is 5.63 Å². The molecule has 2 heterocycles. The first-order valence-electron chi connectivity index (χ1n) is 5.23. The van der Waals surface area contributed by atoms with Crippen LogP contribution in [0.5, 0.6) is 5.75 Å². The van der Waals surface area contributed by atoms with E-state index >= 15 is 0 Å². The van der Waals surface area contributed by atoms with E-state index in [0.29, 0.717) is 22.3 Å². The van der Waals surface area contributed by atoms with Crippen molar-refractivity contribution >= 4 is 21.9 Å². The highest BCUT2D eigenvalue weighted by molar-refractivity contribution is 6.01. The maximum atomic E-state index is 11.2. The van der Waals surface area contributed by atoms with E-state index in [4.69, 9.17) is 18.8 Å². The monoisotopic (exact) mass is 241 g/mol. The van der Waals surface area contributed by atoms with Gasteiger partial charge in [-0.1, -0.05) is 0 Å². The molecule has 3 aromatic rings. The van der Waals surface area contributed by atoms with Crippen LogP contribution in [0.1, 0.15) is 0 Å². The topological polar surface area (TPSA) is 76.4 Å². The zero-order valence-electron chi connectivity index (χ0n) is 9.17. The fraction of sp³-hybridized carbons (Fsp3) is 0.0769. The van der Waals surface area contributed by atoms with E-state index in [0.717, 1.165) is 5.39 Å². The summed E-state index contributed by atoms with van der Waals surface area (Å²) in [4.78, 5) is 11.2. The Morgan fingerprint density at radius 2 is 2.06 bits per heavy atom. The van der Waals surface area contributed by atoms with Crippen molar-refractivity contribution in [1.82, 2.24) is 0 Å². The van der Waals surface area contributed by atoms with E-state index in [2.05, 4.69) is 0 Å². The van der Waals surface area contributed by atoms with Gasteiger partial charge in [-0.25, -0.2) is 4.79 Å². The van der Waals surface area contributed by atoms with Gasteiger partial charge in [0, 0.05) is 12.1 Å². The molecule has 0 atom stereocenters. The number of hydrogen-bond donors (Lipinski definition) is 0. The van der Waals surface area contributed by atoms with Gasteiger partial charge in [0.05, 0.1) is 17.0 Å². The molecule has 0 saturated heterocycles. The smallest absolute Gasteiger partial charge is 0.336 e. The third kappa shape index (κ3) is 1.52. The molecule has 18 heavy (non-hydrogen) atoms. The fourth-order valence-corrected chi connectivity index (χ4v) is 1.87. The zero-order valence-corrected chi connectivity index (χ0v) is 9.17. The van der Waals surface area contributed by atoms with Crippen LogP contribution < -0.4 is 10.4 Å². The summed E-state index contributed by atoms with van der Waals surface area (Å²) in [6.45, 7) is -0.0848. The Hall–Kier alpha value is -2.74.